The first-order valence-corrected chi connectivity index (χ1v) is 11.8. The standard InChI is InChI=1S/C28H26F2N2O3/c1-16-24(27(33)31-26(18-6-3-7-18)19-8-4-9-21(29)14-19)22-10-5-11-23(30)25(22)28(34)32(16)15-20-12-13-35-17(20)2/h4-5,8-14,18,26H,3,6-7,15H2,1-2H3,(H,31,33)/t26-/m0/s1. The van der Waals surface area contributed by atoms with E-state index in [-0.39, 0.29) is 40.7 Å². The van der Waals surface area contributed by atoms with Gasteiger partial charge in [-0.1, -0.05) is 30.7 Å². The van der Waals surface area contributed by atoms with E-state index < -0.39 is 17.3 Å². The second kappa shape index (κ2) is 9.13. The molecule has 1 fully saturated rings. The molecule has 2 aromatic heterocycles. The molecule has 5 nitrogen and oxygen atoms in total. The van der Waals surface area contributed by atoms with Crippen molar-refractivity contribution >= 4 is 16.7 Å². The van der Waals surface area contributed by atoms with Crippen molar-refractivity contribution in [3.8, 4) is 0 Å². The van der Waals surface area contributed by atoms with Gasteiger partial charge in [-0.15, -0.1) is 0 Å². The number of benzene rings is 2. The number of rotatable bonds is 6. The molecule has 0 unspecified atom stereocenters. The monoisotopic (exact) mass is 476 g/mol. The highest BCUT2D eigenvalue weighted by Gasteiger charge is 2.32. The van der Waals surface area contributed by atoms with Crippen LogP contribution in [0.5, 0.6) is 0 Å². The molecule has 7 heteroatoms. The smallest absolute Gasteiger partial charge is 0.261 e. The minimum Gasteiger partial charge on any atom is -0.469 e. The summed E-state index contributed by atoms with van der Waals surface area (Å²) in [5.41, 5.74) is 1.62. The summed E-state index contributed by atoms with van der Waals surface area (Å²) < 4.78 is 35.7. The third-order valence-corrected chi connectivity index (χ3v) is 7.15. The molecule has 0 saturated heterocycles. The van der Waals surface area contributed by atoms with Gasteiger partial charge < -0.3 is 14.3 Å². The van der Waals surface area contributed by atoms with E-state index in [9.17, 15) is 18.4 Å². The zero-order valence-electron chi connectivity index (χ0n) is 19.6. The van der Waals surface area contributed by atoms with E-state index in [1.807, 2.05) is 0 Å². The van der Waals surface area contributed by atoms with Crippen molar-refractivity contribution in [2.24, 2.45) is 5.92 Å². The molecule has 0 spiro atoms. The molecule has 1 aliphatic rings. The molecule has 5 rings (SSSR count). The van der Waals surface area contributed by atoms with Crippen molar-refractivity contribution in [3.05, 3.63) is 105 Å². The van der Waals surface area contributed by atoms with Crippen LogP contribution in [0.15, 0.2) is 64.0 Å². The van der Waals surface area contributed by atoms with Crippen LogP contribution in [0.25, 0.3) is 10.8 Å². The third kappa shape index (κ3) is 4.16. The largest absolute Gasteiger partial charge is 0.469 e. The van der Waals surface area contributed by atoms with Gasteiger partial charge >= 0.3 is 0 Å². The van der Waals surface area contributed by atoms with Crippen molar-refractivity contribution in [3.63, 3.8) is 0 Å². The highest BCUT2D eigenvalue weighted by atomic mass is 19.1. The van der Waals surface area contributed by atoms with Crippen LogP contribution in [-0.4, -0.2) is 10.5 Å². The minimum absolute atomic E-state index is 0.129. The number of aryl methyl sites for hydroxylation is 1. The average Bonchev–Trinajstić information content (AvgIpc) is 3.19. The number of aromatic nitrogens is 1. The Kier molecular flexibility index (Phi) is 6.01. The van der Waals surface area contributed by atoms with Crippen molar-refractivity contribution in [1.82, 2.24) is 9.88 Å². The Morgan fingerprint density at radius 2 is 1.91 bits per heavy atom. The van der Waals surface area contributed by atoms with Crippen molar-refractivity contribution in [2.75, 3.05) is 0 Å². The fourth-order valence-corrected chi connectivity index (χ4v) is 4.95. The lowest BCUT2D eigenvalue weighted by atomic mass is 9.77. The summed E-state index contributed by atoms with van der Waals surface area (Å²) in [6.45, 7) is 3.62. The third-order valence-electron chi connectivity index (χ3n) is 7.15. The lowest BCUT2D eigenvalue weighted by molar-refractivity contribution is 0.0900. The number of carbonyl (C=O) groups excluding carboxylic acids is 1. The van der Waals surface area contributed by atoms with E-state index in [4.69, 9.17) is 4.42 Å². The summed E-state index contributed by atoms with van der Waals surface area (Å²) in [6.07, 6.45) is 4.43. The first kappa shape index (κ1) is 23.0. The van der Waals surface area contributed by atoms with Gasteiger partial charge in [-0.25, -0.2) is 8.78 Å². The van der Waals surface area contributed by atoms with Gasteiger partial charge in [-0.05, 0) is 62.4 Å². The molecule has 4 aromatic rings. The van der Waals surface area contributed by atoms with Gasteiger partial charge in [0.2, 0.25) is 0 Å². The first-order chi connectivity index (χ1) is 16.8. The van der Waals surface area contributed by atoms with E-state index >= 15 is 0 Å². The topological polar surface area (TPSA) is 64.2 Å². The van der Waals surface area contributed by atoms with Crippen LogP contribution in [0.1, 0.15) is 58.2 Å². The highest BCUT2D eigenvalue weighted by Crippen LogP contribution is 2.38. The quantitative estimate of drug-likeness (QED) is 0.382. The minimum atomic E-state index is -0.681. The number of nitrogens with one attached hydrogen (secondary N) is 1. The van der Waals surface area contributed by atoms with Crippen molar-refractivity contribution in [1.29, 1.82) is 0 Å². The Morgan fingerprint density at radius 3 is 2.57 bits per heavy atom. The molecule has 2 heterocycles. The molecule has 1 atom stereocenters. The number of fused-ring (bicyclic) bond motifs is 1. The fourth-order valence-electron chi connectivity index (χ4n) is 4.95. The molecule has 2 aromatic carbocycles. The molecule has 1 N–H and O–H groups in total. The Hall–Kier alpha value is -3.74. The number of amides is 1. The SMILES string of the molecule is Cc1occc1Cn1c(C)c(C(=O)N[C@H](c2cccc(F)c2)C2CCC2)c2cccc(F)c2c1=O. The Balaban J connectivity index is 1.63. The van der Waals surface area contributed by atoms with Gasteiger partial charge in [0, 0.05) is 16.6 Å². The number of halogens is 2. The van der Waals surface area contributed by atoms with Crippen LogP contribution in [0, 0.1) is 31.4 Å². The Labute approximate surface area is 201 Å². The van der Waals surface area contributed by atoms with Crippen LogP contribution < -0.4 is 10.9 Å². The maximum Gasteiger partial charge on any atom is 0.261 e. The van der Waals surface area contributed by atoms with Gasteiger partial charge in [0.1, 0.15) is 17.4 Å². The predicted octanol–water partition coefficient (Wildman–Crippen LogP) is 5.81. The van der Waals surface area contributed by atoms with Gasteiger partial charge in [0.15, 0.2) is 0 Å². The molecule has 0 aliphatic heterocycles. The molecule has 0 bridgehead atoms. The summed E-state index contributed by atoms with van der Waals surface area (Å²) in [6, 6.07) is 11.9. The Morgan fingerprint density at radius 1 is 1.14 bits per heavy atom. The molecule has 1 amide bonds. The van der Waals surface area contributed by atoms with E-state index in [0.29, 0.717) is 17.0 Å². The van der Waals surface area contributed by atoms with Crippen LogP contribution in [0.4, 0.5) is 8.78 Å². The van der Waals surface area contributed by atoms with Crippen LogP contribution >= 0.6 is 0 Å². The normalized spacial score (nSPS) is 14.6. The lowest BCUT2D eigenvalue weighted by Crippen LogP contribution is -2.38. The van der Waals surface area contributed by atoms with Gasteiger partial charge in [-0.3, -0.25) is 9.59 Å². The van der Waals surface area contributed by atoms with Gasteiger partial charge in [0.05, 0.1) is 29.8 Å². The van der Waals surface area contributed by atoms with Crippen LogP contribution in [-0.2, 0) is 6.54 Å². The first-order valence-electron chi connectivity index (χ1n) is 11.8. The van der Waals surface area contributed by atoms with Crippen molar-refractivity contribution < 1.29 is 18.0 Å². The second-order valence-corrected chi connectivity index (χ2v) is 9.21. The fraction of sp³-hybridized carbons (Fsp3) is 0.286. The number of hydrogen-bond acceptors (Lipinski definition) is 3. The van der Waals surface area contributed by atoms with Gasteiger partial charge in [-0.2, -0.15) is 0 Å². The summed E-state index contributed by atoms with van der Waals surface area (Å²) in [5, 5.41) is 3.22. The highest BCUT2D eigenvalue weighted by molar-refractivity contribution is 6.08. The number of hydrogen-bond donors (Lipinski definition) is 1. The van der Waals surface area contributed by atoms with E-state index in [0.717, 1.165) is 24.8 Å². The predicted molar refractivity (Wildman–Crippen MR) is 129 cm³/mol. The zero-order valence-corrected chi connectivity index (χ0v) is 19.6. The number of pyridine rings is 1. The van der Waals surface area contributed by atoms with Crippen molar-refractivity contribution in [2.45, 2.75) is 45.7 Å². The second-order valence-electron chi connectivity index (χ2n) is 9.21. The molecule has 1 aliphatic carbocycles. The van der Waals surface area contributed by atoms with E-state index in [1.165, 1.54) is 35.1 Å². The zero-order chi connectivity index (χ0) is 24.7. The maximum absolute atomic E-state index is 14.9. The average molecular weight is 477 g/mol. The number of furan rings is 1. The van der Waals surface area contributed by atoms with E-state index in [1.54, 1.807) is 38.1 Å². The molecule has 1 saturated carbocycles. The molecular weight excluding hydrogens is 450 g/mol. The summed E-state index contributed by atoms with van der Waals surface area (Å²) in [4.78, 5) is 27.1. The summed E-state index contributed by atoms with van der Waals surface area (Å²) in [5.74, 6) is -0.638. The molecular formula is C28H26F2N2O3. The number of carbonyl (C=O) groups is 1. The van der Waals surface area contributed by atoms with Crippen LogP contribution in [0.2, 0.25) is 0 Å². The molecule has 35 heavy (non-hydrogen) atoms. The lowest BCUT2D eigenvalue weighted by Gasteiger charge is -2.35. The maximum atomic E-state index is 14.9. The Bertz CT molecular complexity index is 1480. The van der Waals surface area contributed by atoms with E-state index in [2.05, 4.69) is 5.32 Å². The van der Waals surface area contributed by atoms with Crippen LogP contribution in [0.3, 0.4) is 0 Å². The van der Waals surface area contributed by atoms with Gasteiger partial charge in [0.25, 0.3) is 11.5 Å². The number of nitrogens with zero attached hydrogens (tertiary/aromatic N) is 1. The summed E-state index contributed by atoms with van der Waals surface area (Å²) in [7, 11) is 0. The molecule has 180 valence electrons. The molecule has 0 radical (unpaired) electrons. The summed E-state index contributed by atoms with van der Waals surface area (Å²) >= 11 is 0.